The third-order valence-corrected chi connectivity index (χ3v) is 3.52. The number of phenolic OH excluding ortho intramolecular Hbond substituents is 1. The van der Waals surface area contributed by atoms with Crippen molar-refractivity contribution in [2.24, 2.45) is 4.99 Å². The minimum atomic E-state index is -0.826. The van der Waals surface area contributed by atoms with Crippen LogP contribution in [0.3, 0.4) is 0 Å². The molecular formula is C14H18Cl2N2O3Zr. The van der Waals surface area contributed by atoms with Gasteiger partial charge >= 0.3 is 37.9 Å². The number of non-ortho nitro benzene ring substituents is 1. The van der Waals surface area contributed by atoms with Crippen LogP contribution in [-0.4, -0.2) is 22.3 Å². The maximum atomic E-state index is 10.8. The number of nitro groups is 1. The molecule has 1 N–H and O–H groups in total. The molecule has 8 heteroatoms. The molecule has 0 saturated heterocycles. The summed E-state index contributed by atoms with van der Waals surface area (Å²) in [5.74, 6) is 0.0742. The van der Waals surface area contributed by atoms with Gasteiger partial charge in [-0.3, -0.25) is 15.1 Å². The fourth-order valence-electron chi connectivity index (χ4n) is 2.41. The molecule has 2 rings (SSSR count). The Morgan fingerprint density at radius 3 is 2.50 bits per heavy atom. The summed E-state index contributed by atoms with van der Waals surface area (Å²) < 4.78 is 0. The van der Waals surface area contributed by atoms with Crippen molar-refractivity contribution >= 4 is 28.9 Å². The average molecular weight is 424 g/mol. The van der Waals surface area contributed by atoms with E-state index in [0.717, 1.165) is 12.8 Å². The summed E-state index contributed by atoms with van der Waals surface area (Å²) in [6.07, 6.45) is 7.32. The Morgan fingerprint density at radius 2 is 1.95 bits per heavy atom. The molecule has 5 nitrogen and oxygen atoms in total. The molecule has 0 aromatic heterocycles. The van der Waals surface area contributed by atoms with Crippen LogP contribution in [-0.2, 0) is 20.8 Å². The maximum absolute atomic E-state index is 10.8. The van der Waals surface area contributed by atoms with E-state index in [1.54, 1.807) is 13.1 Å². The second kappa shape index (κ2) is 10.4. The molecule has 0 amide bonds. The molecule has 0 bridgehead atoms. The number of nitrogens with zero attached hydrogens (tertiary/aromatic N) is 2. The van der Waals surface area contributed by atoms with Gasteiger partial charge in [0.1, 0.15) is 5.75 Å². The van der Waals surface area contributed by atoms with Gasteiger partial charge in [0, 0.05) is 30.0 Å². The van der Waals surface area contributed by atoms with E-state index in [9.17, 15) is 15.2 Å². The molecule has 1 fully saturated rings. The number of aromatic hydroxyl groups is 1. The van der Waals surface area contributed by atoms with E-state index in [2.05, 4.69) is 4.99 Å². The Bertz CT molecular complexity index is 535. The molecule has 1 saturated carbocycles. The van der Waals surface area contributed by atoms with Crippen LogP contribution in [0.1, 0.15) is 43.2 Å². The van der Waals surface area contributed by atoms with Gasteiger partial charge in [0.15, 0.2) is 0 Å². The van der Waals surface area contributed by atoms with Crippen molar-refractivity contribution < 1.29 is 30.9 Å². The Labute approximate surface area is 148 Å². The van der Waals surface area contributed by atoms with Crippen molar-refractivity contribution in [2.75, 3.05) is 0 Å². The van der Waals surface area contributed by atoms with Crippen molar-refractivity contribution in [1.82, 2.24) is 0 Å². The Morgan fingerprint density at radius 1 is 1.36 bits per heavy atom. The van der Waals surface area contributed by atoms with Crippen LogP contribution in [0, 0.1) is 17.0 Å². The third-order valence-electron chi connectivity index (χ3n) is 3.52. The second-order valence-electron chi connectivity index (χ2n) is 5.10. The Balaban J connectivity index is 0.000000745. The van der Waals surface area contributed by atoms with E-state index >= 15 is 0 Å². The van der Waals surface area contributed by atoms with Gasteiger partial charge in [-0.15, -0.1) is 0 Å². The number of hydrogen-bond donors (Lipinski definition) is 1. The number of nitro benzene ring substituents is 1. The van der Waals surface area contributed by atoms with Crippen LogP contribution >= 0.6 is 17.0 Å². The molecule has 0 aliphatic heterocycles. The summed E-state index contributed by atoms with van der Waals surface area (Å²) >= 11 is -0.826. The fraction of sp³-hybridized carbons (Fsp3) is 0.500. The number of rotatable bonds is 3. The predicted octanol–water partition coefficient (Wildman–Crippen LogP) is 4.74. The SMILES string of the molecule is Cc1cc([N+](=O)[O-])cc(C=NC2CCCCC2)c1O.[Cl][Zr][Cl]. The van der Waals surface area contributed by atoms with E-state index in [0.29, 0.717) is 11.1 Å². The number of hydrogen-bond acceptors (Lipinski definition) is 4. The van der Waals surface area contributed by atoms with Gasteiger partial charge in [-0.1, -0.05) is 19.3 Å². The fourth-order valence-corrected chi connectivity index (χ4v) is 2.41. The van der Waals surface area contributed by atoms with Gasteiger partial charge in [-0.05, 0) is 25.3 Å². The molecule has 0 atom stereocenters. The zero-order valence-electron chi connectivity index (χ0n) is 12.3. The molecule has 1 aromatic rings. The first-order valence-corrected chi connectivity index (χ1v) is 13.3. The first kappa shape index (κ1) is 19.6. The number of phenols is 1. The number of aliphatic imine (C=N–C) groups is 1. The predicted molar refractivity (Wildman–Crippen MR) is 85.7 cm³/mol. The first-order chi connectivity index (χ1) is 10.5. The second-order valence-corrected chi connectivity index (χ2v) is 8.83. The number of aryl methyl sites for hydroxylation is 1. The summed E-state index contributed by atoms with van der Waals surface area (Å²) in [6, 6.07) is 3.02. The van der Waals surface area contributed by atoms with Crippen molar-refractivity contribution in [3.05, 3.63) is 33.4 Å². The van der Waals surface area contributed by atoms with Crippen molar-refractivity contribution in [3.63, 3.8) is 0 Å². The normalized spacial score (nSPS) is 15.2. The van der Waals surface area contributed by atoms with E-state index < -0.39 is 25.8 Å². The molecule has 1 aliphatic rings. The van der Waals surface area contributed by atoms with Crippen LogP contribution < -0.4 is 0 Å². The van der Waals surface area contributed by atoms with Gasteiger partial charge in [0.2, 0.25) is 0 Å². The monoisotopic (exact) mass is 422 g/mol. The van der Waals surface area contributed by atoms with Crippen molar-refractivity contribution in [1.29, 1.82) is 0 Å². The van der Waals surface area contributed by atoms with Crippen molar-refractivity contribution in [3.8, 4) is 5.75 Å². The topological polar surface area (TPSA) is 75.7 Å². The molecule has 0 spiro atoms. The van der Waals surface area contributed by atoms with Gasteiger partial charge in [-0.25, -0.2) is 0 Å². The van der Waals surface area contributed by atoms with Crippen LogP contribution in [0.4, 0.5) is 5.69 Å². The van der Waals surface area contributed by atoms with Crippen LogP contribution in [0.15, 0.2) is 17.1 Å². The molecule has 1 aromatic carbocycles. The van der Waals surface area contributed by atoms with E-state index in [-0.39, 0.29) is 17.5 Å². The number of benzene rings is 1. The summed E-state index contributed by atoms with van der Waals surface area (Å²) in [4.78, 5) is 14.8. The van der Waals surface area contributed by atoms with Crippen molar-refractivity contribution in [2.45, 2.75) is 45.1 Å². The zero-order chi connectivity index (χ0) is 16.5. The Kier molecular flexibility index (Phi) is 9.22. The Hall–Kier alpha value is -0.447. The molecule has 0 radical (unpaired) electrons. The molecule has 120 valence electrons. The molecule has 22 heavy (non-hydrogen) atoms. The van der Waals surface area contributed by atoms with Gasteiger partial charge in [-0.2, -0.15) is 0 Å². The van der Waals surface area contributed by atoms with E-state index in [1.807, 2.05) is 0 Å². The quantitative estimate of drug-likeness (QED) is 0.433. The molecule has 0 unspecified atom stereocenters. The standard InChI is InChI=1S/C14H18N2O3.2ClH.Zr/c1-10-7-13(16(18)19)8-11(14(10)17)9-15-12-5-3-2-4-6-12;;;/h7-9,12,17H,2-6H2,1H3;2*1H;/q;;;+2/p-2. The van der Waals surface area contributed by atoms with Gasteiger partial charge in [0.05, 0.1) is 4.92 Å². The summed E-state index contributed by atoms with van der Waals surface area (Å²) in [7, 11) is 9.87. The van der Waals surface area contributed by atoms with Gasteiger partial charge in [0.25, 0.3) is 5.69 Å². The first-order valence-electron chi connectivity index (χ1n) is 6.97. The van der Waals surface area contributed by atoms with E-state index in [1.165, 1.54) is 31.4 Å². The van der Waals surface area contributed by atoms with Crippen LogP contribution in [0.5, 0.6) is 5.75 Å². The van der Waals surface area contributed by atoms with Crippen LogP contribution in [0.25, 0.3) is 0 Å². The summed E-state index contributed by atoms with van der Waals surface area (Å²) in [5.41, 5.74) is 0.914. The molecule has 0 heterocycles. The zero-order valence-corrected chi connectivity index (χ0v) is 16.2. The average Bonchev–Trinajstić information content (AvgIpc) is 2.50. The third kappa shape index (κ3) is 6.35. The summed E-state index contributed by atoms with van der Waals surface area (Å²) in [5, 5.41) is 20.7. The van der Waals surface area contributed by atoms with Crippen LogP contribution in [0.2, 0.25) is 0 Å². The van der Waals surface area contributed by atoms with E-state index in [4.69, 9.17) is 17.0 Å². The minimum absolute atomic E-state index is 0.0135. The number of halogens is 2. The molecule has 1 aliphatic carbocycles. The molecular weight excluding hydrogens is 406 g/mol. The summed E-state index contributed by atoms with van der Waals surface area (Å²) in [6.45, 7) is 1.65. The van der Waals surface area contributed by atoms with Gasteiger partial charge < -0.3 is 5.11 Å².